The maximum Gasteiger partial charge on any atom is 0.253 e. The molecule has 0 bridgehead atoms. The van der Waals surface area contributed by atoms with Gasteiger partial charge in [0.2, 0.25) is 5.91 Å². The smallest absolute Gasteiger partial charge is 0.253 e. The summed E-state index contributed by atoms with van der Waals surface area (Å²) in [6.07, 6.45) is 6.59. The van der Waals surface area contributed by atoms with Gasteiger partial charge in [-0.15, -0.1) is 0 Å². The summed E-state index contributed by atoms with van der Waals surface area (Å²) < 4.78 is 5.52. The van der Waals surface area contributed by atoms with Crippen LogP contribution < -0.4 is 16.0 Å². The van der Waals surface area contributed by atoms with Crippen LogP contribution in [0.15, 0.2) is 48.5 Å². The lowest BCUT2D eigenvalue weighted by Crippen LogP contribution is -2.31. The second-order valence-electron chi connectivity index (χ2n) is 9.11. The van der Waals surface area contributed by atoms with Crippen LogP contribution in [0.3, 0.4) is 0 Å². The topological polar surface area (TPSA) is 99.8 Å². The van der Waals surface area contributed by atoms with E-state index in [1.807, 2.05) is 4.90 Å². The van der Waals surface area contributed by atoms with Gasteiger partial charge in [0.1, 0.15) is 0 Å². The summed E-state index contributed by atoms with van der Waals surface area (Å²) in [7, 11) is 0. The van der Waals surface area contributed by atoms with Crippen molar-refractivity contribution in [2.75, 3.05) is 43.4 Å². The number of ether oxygens (including phenoxy) is 1. The van der Waals surface area contributed by atoms with E-state index in [0.29, 0.717) is 23.4 Å². The van der Waals surface area contributed by atoms with Crippen molar-refractivity contribution in [2.45, 2.75) is 44.6 Å². The number of amides is 3. The van der Waals surface area contributed by atoms with E-state index in [2.05, 4.69) is 16.0 Å². The molecule has 0 aromatic heterocycles. The Morgan fingerprint density at radius 3 is 2.14 bits per heavy atom. The number of hydrogen-bond acceptors (Lipinski definition) is 5. The number of benzene rings is 2. The van der Waals surface area contributed by atoms with E-state index in [0.717, 1.165) is 51.1 Å². The minimum Gasteiger partial charge on any atom is -0.376 e. The van der Waals surface area contributed by atoms with Gasteiger partial charge in [0.25, 0.3) is 11.8 Å². The summed E-state index contributed by atoms with van der Waals surface area (Å²) in [4.78, 5) is 39.3. The Balaban J connectivity index is 1.20. The number of rotatable bonds is 8. The Hall–Kier alpha value is -3.39. The predicted octanol–water partition coefficient (Wildman–Crippen LogP) is 3.66. The van der Waals surface area contributed by atoms with Gasteiger partial charge in [-0.3, -0.25) is 14.4 Å². The quantitative estimate of drug-likeness (QED) is 0.538. The Morgan fingerprint density at radius 2 is 1.49 bits per heavy atom. The maximum atomic E-state index is 12.7. The van der Waals surface area contributed by atoms with E-state index in [1.54, 1.807) is 48.5 Å². The van der Waals surface area contributed by atoms with E-state index < -0.39 is 0 Å². The summed E-state index contributed by atoms with van der Waals surface area (Å²) in [6, 6.07) is 14.0. The van der Waals surface area contributed by atoms with Gasteiger partial charge < -0.3 is 25.6 Å². The fourth-order valence-electron chi connectivity index (χ4n) is 4.39. The minimum atomic E-state index is -0.199. The first-order chi connectivity index (χ1) is 17.1. The van der Waals surface area contributed by atoms with E-state index in [4.69, 9.17) is 4.74 Å². The van der Waals surface area contributed by atoms with Crippen LogP contribution in [0.5, 0.6) is 0 Å². The maximum absolute atomic E-state index is 12.7. The molecule has 2 aliphatic heterocycles. The lowest BCUT2D eigenvalue weighted by molar-refractivity contribution is -0.114. The number of anilines is 2. The molecule has 2 aromatic rings. The van der Waals surface area contributed by atoms with Crippen molar-refractivity contribution in [2.24, 2.45) is 0 Å². The van der Waals surface area contributed by atoms with Crippen molar-refractivity contribution in [1.29, 1.82) is 0 Å². The van der Waals surface area contributed by atoms with Gasteiger partial charge in [0.15, 0.2) is 0 Å². The third kappa shape index (κ3) is 7.29. The molecule has 2 heterocycles. The summed E-state index contributed by atoms with van der Waals surface area (Å²) >= 11 is 0. The Kier molecular flexibility index (Phi) is 8.73. The van der Waals surface area contributed by atoms with E-state index >= 15 is 0 Å². The third-order valence-corrected chi connectivity index (χ3v) is 6.42. The number of carbonyl (C=O) groups is 3. The SMILES string of the molecule is O=C(CNc1ccc(C(=O)NCC2CCCO2)cc1)Nc1ccc(C(=O)N2CCCCCC2)cc1. The molecule has 0 spiro atoms. The van der Waals surface area contributed by atoms with E-state index in [-0.39, 0.29) is 30.4 Å². The molecule has 2 aliphatic rings. The molecule has 1 unspecified atom stereocenters. The molecular formula is C27H34N4O4. The number of likely N-dealkylation sites (tertiary alicyclic amines) is 1. The predicted molar refractivity (Wildman–Crippen MR) is 136 cm³/mol. The Bertz CT molecular complexity index is 993. The first-order valence-electron chi connectivity index (χ1n) is 12.5. The summed E-state index contributed by atoms with van der Waals surface area (Å²) in [6.45, 7) is 2.98. The van der Waals surface area contributed by atoms with Gasteiger partial charge in [-0.25, -0.2) is 0 Å². The highest BCUT2D eigenvalue weighted by Crippen LogP contribution is 2.16. The van der Waals surface area contributed by atoms with Crippen LogP contribution in [-0.2, 0) is 9.53 Å². The molecule has 3 N–H and O–H groups in total. The van der Waals surface area contributed by atoms with Gasteiger partial charge in [-0.05, 0) is 74.2 Å². The molecule has 35 heavy (non-hydrogen) atoms. The number of carbonyl (C=O) groups excluding carboxylic acids is 3. The zero-order valence-corrected chi connectivity index (χ0v) is 20.1. The van der Waals surface area contributed by atoms with Crippen LogP contribution >= 0.6 is 0 Å². The average molecular weight is 479 g/mol. The Morgan fingerprint density at radius 1 is 0.829 bits per heavy atom. The molecule has 3 amide bonds. The first-order valence-corrected chi connectivity index (χ1v) is 12.5. The molecule has 0 aliphatic carbocycles. The molecule has 2 fully saturated rings. The van der Waals surface area contributed by atoms with Crippen molar-refractivity contribution in [3.63, 3.8) is 0 Å². The molecule has 0 radical (unpaired) electrons. The lowest BCUT2D eigenvalue weighted by atomic mass is 10.1. The van der Waals surface area contributed by atoms with Gasteiger partial charge >= 0.3 is 0 Å². The molecule has 4 rings (SSSR count). The minimum absolute atomic E-state index is 0.0513. The highest BCUT2D eigenvalue weighted by Gasteiger charge is 2.18. The standard InChI is InChI=1S/C27H34N4O4/c32-25(30-23-13-9-21(10-14-23)27(34)31-15-3-1-2-4-16-31)19-28-22-11-7-20(8-12-22)26(33)29-18-24-6-5-17-35-24/h7-14,24,28H,1-6,15-19H2,(H,29,33)(H,30,32). The normalized spacial score (nSPS) is 17.9. The fourth-order valence-corrected chi connectivity index (χ4v) is 4.39. The van der Waals surface area contributed by atoms with Gasteiger partial charge in [-0.2, -0.15) is 0 Å². The molecule has 8 heteroatoms. The summed E-state index contributed by atoms with van der Waals surface area (Å²) in [5.74, 6) is -0.284. The van der Waals surface area contributed by atoms with Gasteiger partial charge in [-0.1, -0.05) is 12.8 Å². The molecule has 1 atom stereocenters. The highest BCUT2D eigenvalue weighted by molar-refractivity contribution is 5.97. The van der Waals surface area contributed by atoms with Crippen molar-refractivity contribution >= 4 is 29.1 Å². The molecule has 2 saturated heterocycles. The van der Waals surface area contributed by atoms with Crippen LogP contribution in [-0.4, -0.2) is 61.5 Å². The molecular weight excluding hydrogens is 444 g/mol. The molecule has 8 nitrogen and oxygen atoms in total. The molecule has 0 saturated carbocycles. The van der Waals surface area contributed by atoms with Gasteiger partial charge in [0.05, 0.1) is 12.6 Å². The van der Waals surface area contributed by atoms with Crippen LogP contribution in [0.25, 0.3) is 0 Å². The summed E-state index contributed by atoms with van der Waals surface area (Å²) in [5.41, 5.74) is 2.59. The number of hydrogen-bond donors (Lipinski definition) is 3. The third-order valence-electron chi connectivity index (χ3n) is 6.42. The van der Waals surface area contributed by atoms with E-state index in [1.165, 1.54) is 12.8 Å². The van der Waals surface area contributed by atoms with Crippen LogP contribution in [0, 0.1) is 0 Å². The van der Waals surface area contributed by atoms with Crippen molar-refractivity contribution in [1.82, 2.24) is 10.2 Å². The lowest BCUT2D eigenvalue weighted by Gasteiger charge is -2.20. The molecule has 186 valence electrons. The van der Waals surface area contributed by atoms with E-state index in [9.17, 15) is 14.4 Å². The fraction of sp³-hybridized carbons (Fsp3) is 0.444. The Labute approximate surface area is 206 Å². The zero-order valence-electron chi connectivity index (χ0n) is 20.1. The second kappa shape index (κ2) is 12.4. The monoisotopic (exact) mass is 478 g/mol. The van der Waals surface area contributed by atoms with Crippen molar-refractivity contribution in [3.05, 3.63) is 59.7 Å². The van der Waals surface area contributed by atoms with Crippen molar-refractivity contribution in [3.8, 4) is 0 Å². The first kappa shape index (κ1) is 24.7. The zero-order chi connectivity index (χ0) is 24.5. The van der Waals surface area contributed by atoms with Gasteiger partial charge in [0, 0.05) is 48.7 Å². The largest absolute Gasteiger partial charge is 0.376 e. The number of nitrogens with zero attached hydrogens (tertiary/aromatic N) is 1. The van der Waals surface area contributed by atoms with Crippen LogP contribution in [0.1, 0.15) is 59.2 Å². The van der Waals surface area contributed by atoms with Crippen molar-refractivity contribution < 1.29 is 19.1 Å². The average Bonchev–Trinajstić information content (AvgIpc) is 3.26. The van der Waals surface area contributed by atoms with Crippen LogP contribution in [0.2, 0.25) is 0 Å². The summed E-state index contributed by atoms with van der Waals surface area (Å²) in [5, 5.41) is 8.80. The second-order valence-corrected chi connectivity index (χ2v) is 9.11. The van der Waals surface area contributed by atoms with Crippen LogP contribution in [0.4, 0.5) is 11.4 Å². The molecule has 2 aromatic carbocycles. The number of nitrogens with one attached hydrogen (secondary N) is 3. The highest BCUT2D eigenvalue weighted by atomic mass is 16.5.